The molecule has 0 aromatic heterocycles. The van der Waals surface area contributed by atoms with Crippen molar-refractivity contribution in [1.82, 2.24) is 0 Å². The Kier molecular flexibility index (Phi) is 6.74. The van der Waals surface area contributed by atoms with Gasteiger partial charge in [0.25, 0.3) is 0 Å². The van der Waals surface area contributed by atoms with Crippen molar-refractivity contribution in [3.63, 3.8) is 0 Å². The Hall–Kier alpha value is -2.41. The van der Waals surface area contributed by atoms with Crippen molar-refractivity contribution in [3.05, 3.63) is 77.0 Å². The summed E-state index contributed by atoms with van der Waals surface area (Å²) in [6.07, 6.45) is 7.35. The molecule has 0 aliphatic carbocycles. The zero-order chi connectivity index (χ0) is 17.8. The highest BCUT2D eigenvalue weighted by molar-refractivity contribution is 5.99. The first-order valence-corrected chi connectivity index (χ1v) is 9.17. The maximum absolute atomic E-state index is 4.55. The van der Waals surface area contributed by atoms with Crippen LogP contribution in [-0.2, 0) is 0 Å². The Morgan fingerprint density at radius 1 is 0.769 bits per heavy atom. The average molecular weight is 346 g/mol. The third-order valence-corrected chi connectivity index (χ3v) is 4.78. The second-order valence-electron chi connectivity index (χ2n) is 7.38. The van der Waals surface area contributed by atoms with Gasteiger partial charge in [0.2, 0.25) is 0 Å². The van der Waals surface area contributed by atoms with E-state index in [1.165, 1.54) is 33.5 Å². The van der Waals surface area contributed by atoms with E-state index in [9.17, 15) is 0 Å². The molecule has 0 N–H and O–H groups in total. The molecule has 0 bridgehead atoms. The summed E-state index contributed by atoms with van der Waals surface area (Å²) in [6.45, 7) is 8.86. The molecule has 0 spiro atoms. The van der Waals surface area contributed by atoms with Crippen LogP contribution in [0.5, 0.6) is 0 Å². The largest absolute Gasteiger partial charge is 0.265 e. The van der Waals surface area contributed by atoms with E-state index >= 15 is 0 Å². The van der Waals surface area contributed by atoms with Gasteiger partial charge in [-0.3, -0.25) is 4.99 Å². The van der Waals surface area contributed by atoms with E-state index in [0.29, 0.717) is 11.8 Å². The van der Waals surface area contributed by atoms with Crippen molar-refractivity contribution in [3.8, 4) is 0 Å². The van der Waals surface area contributed by atoms with Gasteiger partial charge >= 0.3 is 0 Å². The highest BCUT2D eigenvalue weighted by Crippen LogP contribution is 2.26. The van der Waals surface area contributed by atoms with E-state index in [0.717, 1.165) is 6.42 Å². The van der Waals surface area contributed by atoms with Gasteiger partial charge in [0.05, 0.1) is 0 Å². The Balaban J connectivity index is 0.00000243. The SMILES string of the molecule is C.CC(C)C1=NC=C(c2ccc(/C=C/c3ccc(C(C)C)cc3)cc2)C1. The van der Waals surface area contributed by atoms with E-state index in [1.54, 1.807) is 0 Å². The van der Waals surface area contributed by atoms with E-state index in [-0.39, 0.29) is 7.43 Å². The third-order valence-electron chi connectivity index (χ3n) is 4.78. The molecule has 0 atom stereocenters. The normalized spacial score (nSPS) is 13.9. The van der Waals surface area contributed by atoms with Gasteiger partial charge < -0.3 is 0 Å². The van der Waals surface area contributed by atoms with Crippen LogP contribution in [0, 0.1) is 5.92 Å². The van der Waals surface area contributed by atoms with Gasteiger partial charge in [-0.1, -0.05) is 95.8 Å². The standard InChI is InChI=1S/C24H27N.CH4/c1-17(2)21-11-7-19(8-12-21)5-6-20-9-13-22(14-10-20)23-15-24(18(3)4)25-16-23;/h5-14,16-18H,15H2,1-4H3;1H4/b6-5+;. The van der Waals surface area contributed by atoms with Crippen LogP contribution in [0.3, 0.4) is 0 Å². The fourth-order valence-corrected chi connectivity index (χ4v) is 2.97. The number of allylic oxidation sites excluding steroid dienone is 1. The lowest BCUT2D eigenvalue weighted by Crippen LogP contribution is -2.04. The summed E-state index contributed by atoms with van der Waals surface area (Å²) in [6, 6.07) is 17.6. The van der Waals surface area contributed by atoms with Crippen LogP contribution >= 0.6 is 0 Å². The van der Waals surface area contributed by atoms with Crippen LogP contribution in [-0.4, -0.2) is 5.71 Å². The summed E-state index contributed by atoms with van der Waals surface area (Å²) in [5.41, 5.74) is 7.72. The predicted molar refractivity (Wildman–Crippen MR) is 117 cm³/mol. The topological polar surface area (TPSA) is 12.4 Å². The van der Waals surface area contributed by atoms with Gasteiger partial charge in [-0.05, 0) is 39.7 Å². The fraction of sp³-hybridized carbons (Fsp3) is 0.320. The van der Waals surface area contributed by atoms with Gasteiger partial charge in [-0.15, -0.1) is 0 Å². The molecule has 1 aliphatic heterocycles. The highest BCUT2D eigenvalue weighted by Gasteiger charge is 2.14. The van der Waals surface area contributed by atoms with E-state index in [4.69, 9.17) is 0 Å². The lowest BCUT2D eigenvalue weighted by atomic mass is 9.97. The maximum atomic E-state index is 4.55. The van der Waals surface area contributed by atoms with Crippen molar-refractivity contribution >= 4 is 23.4 Å². The Morgan fingerprint density at radius 3 is 1.77 bits per heavy atom. The van der Waals surface area contributed by atoms with Gasteiger partial charge in [-0.2, -0.15) is 0 Å². The molecule has 0 saturated heterocycles. The Morgan fingerprint density at radius 2 is 1.31 bits per heavy atom. The number of nitrogens with zero attached hydrogens (tertiary/aromatic N) is 1. The highest BCUT2D eigenvalue weighted by atomic mass is 14.7. The van der Waals surface area contributed by atoms with Crippen molar-refractivity contribution in [2.24, 2.45) is 10.9 Å². The van der Waals surface area contributed by atoms with E-state index < -0.39 is 0 Å². The fourth-order valence-electron chi connectivity index (χ4n) is 2.97. The summed E-state index contributed by atoms with van der Waals surface area (Å²) in [5, 5.41) is 0. The third kappa shape index (κ3) is 4.82. The molecule has 1 heterocycles. The van der Waals surface area contributed by atoms with Crippen molar-refractivity contribution in [2.75, 3.05) is 0 Å². The molecule has 1 heteroatoms. The minimum atomic E-state index is 0. The maximum Gasteiger partial charge on any atom is 0.0309 e. The average Bonchev–Trinajstić information content (AvgIpc) is 3.11. The summed E-state index contributed by atoms with van der Waals surface area (Å²) in [4.78, 5) is 4.55. The first-order valence-electron chi connectivity index (χ1n) is 9.17. The van der Waals surface area contributed by atoms with Gasteiger partial charge in [0, 0.05) is 18.3 Å². The molecule has 136 valence electrons. The summed E-state index contributed by atoms with van der Waals surface area (Å²) in [5.74, 6) is 1.11. The van der Waals surface area contributed by atoms with Crippen LogP contribution in [0.1, 0.15) is 69.7 Å². The first kappa shape index (κ1) is 19.9. The van der Waals surface area contributed by atoms with Crippen LogP contribution in [0.25, 0.3) is 17.7 Å². The molecule has 0 amide bonds. The number of hydrogen-bond donors (Lipinski definition) is 0. The first-order chi connectivity index (χ1) is 12.0. The minimum Gasteiger partial charge on any atom is -0.265 e. The number of benzene rings is 2. The van der Waals surface area contributed by atoms with Gasteiger partial charge in [-0.25, -0.2) is 0 Å². The number of aliphatic imine (C=N–C) groups is 1. The zero-order valence-electron chi connectivity index (χ0n) is 15.7. The second-order valence-corrected chi connectivity index (χ2v) is 7.38. The summed E-state index contributed by atoms with van der Waals surface area (Å²) < 4.78 is 0. The molecular weight excluding hydrogens is 314 g/mol. The van der Waals surface area contributed by atoms with Crippen LogP contribution in [0.4, 0.5) is 0 Å². The van der Waals surface area contributed by atoms with Crippen LogP contribution < -0.4 is 0 Å². The Labute approximate surface area is 159 Å². The molecular formula is C25H31N. The molecule has 3 rings (SSSR count). The predicted octanol–water partition coefficient (Wildman–Crippen LogP) is 7.46. The smallest absolute Gasteiger partial charge is 0.0309 e. The Bertz CT molecular complexity index is 800. The summed E-state index contributed by atoms with van der Waals surface area (Å²) >= 11 is 0. The molecule has 2 aromatic carbocycles. The molecule has 1 nitrogen and oxygen atoms in total. The van der Waals surface area contributed by atoms with Crippen molar-refractivity contribution < 1.29 is 0 Å². The van der Waals surface area contributed by atoms with E-state index in [2.05, 4.69) is 93.4 Å². The monoisotopic (exact) mass is 345 g/mol. The summed E-state index contributed by atoms with van der Waals surface area (Å²) in [7, 11) is 0. The second kappa shape index (κ2) is 8.80. The molecule has 26 heavy (non-hydrogen) atoms. The molecule has 0 unspecified atom stereocenters. The van der Waals surface area contributed by atoms with Crippen LogP contribution in [0.2, 0.25) is 0 Å². The van der Waals surface area contributed by atoms with E-state index in [1.807, 2.05) is 6.20 Å². The lowest BCUT2D eigenvalue weighted by Gasteiger charge is -2.07. The van der Waals surface area contributed by atoms with Crippen molar-refractivity contribution in [1.29, 1.82) is 0 Å². The number of hydrogen-bond acceptors (Lipinski definition) is 1. The van der Waals surface area contributed by atoms with Gasteiger partial charge in [0.1, 0.15) is 0 Å². The minimum absolute atomic E-state index is 0. The molecule has 2 aromatic rings. The van der Waals surface area contributed by atoms with Crippen LogP contribution in [0.15, 0.2) is 59.7 Å². The molecule has 0 radical (unpaired) electrons. The van der Waals surface area contributed by atoms with Gasteiger partial charge in [0.15, 0.2) is 0 Å². The van der Waals surface area contributed by atoms with Crippen molar-refractivity contribution in [2.45, 2.75) is 47.5 Å². The molecule has 0 saturated carbocycles. The number of rotatable bonds is 5. The lowest BCUT2D eigenvalue weighted by molar-refractivity contribution is 0.866. The molecule has 0 fully saturated rings. The quantitative estimate of drug-likeness (QED) is 0.499. The molecule has 1 aliphatic rings. The zero-order valence-corrected chi connectivity index (χ0v) is 15.7.